The summed E-state index contributed by atoms with van der Waals surface area (Å²) < 4.78 is 0.506. The average molecular weight is 198 g/mol. The highest BCUT2D eigenvalue weighted by Crippen LogP contribution is 1.90. The molecular weight excluding hydrogens is 192 g/mol. The Morgan fingerprint density at radius 3 is 2.50 bits per heavy atom. The number of nitrogens with one attached hydrogen (secondary N) is 3. The molecule has 0 aliphatic rings. The lowest BCUT2D eigenvalue weighted by atomic mass is 10.5. The van der Waals surface area contributed by atoms with Crippen molar-refractivity contribution in [1.82, 2.24) is 19.7 Å². The summed E-state index contributed by atoms with van der Waals surface area (Å²) in [4.78, 5) is 44.7. The van der Waals surface area contributed by atoms with Gasteiger partial charge in [0, 0.05) is 0 Å². The van der Waals surface area contributed by atoms with Gasteiger partial charge in [0.2, 0.25) is 0 Å². The van der Waals surface area contributed by atoms with Gasteiger partial charge in [-0.15, -0.1) is 0 Å². The summed E-state index contributed by atoms with van der Waals surface area (Å²) in [6.45, 7) is 0. The van der Waals surface area contributed by atoms with Crippen LogP contribution in [0.4, 0.5) is 0 Å². The number of imidazole rings is 1. The second kappa shape index (κ2) is 2.62. The first-order chi connectivity index (χ1) is 6.63. The second-order valence-electron chi connectivity index (χ2n) is 2.54. The van der Waals surface area contributed by atoms with Crippen LogP contribution in [0.5, 0.6) is 0 Å². The molecule has 0 aromatic carbocycles. The third kappa shape index (κ3) is 0.969. The first kappa shape index (κ1) is 8.35. The Morgan fingerprint density at radius 2 is 1.86 bits per heavy atom. The fourth-order valence-electron chi connectivity index (χ4n) is 1.15. The number of aromatic amines is 3. The van der Waals surface area contributed by atoms with Gasteiger partial charge in [-0.2, -0.15) is 0 Å². The monoisotopic (exact) mass is 198 g/mol. The van der Waals surface area contributed by atoms with Crippen LogP contribution in [-0.2, 0) is 0 Å². The van der Waals surface area contributed by atoms with Crippen LogP contribution >= 0.6 is 0 Å². The molecule has 3 N–H and O–H groups in total. The minimum Gasteiger partial charge on any atom is -0.409 e. The van der Waals surface area contributed by atoms with Gasteiger partial charge in [0.05, 0.1) is 0 Å². The molecular formula is C6H6N4O4. The Morgan fingerprint density at radius 1 is 1.14 bits per heavy atom. The van der Waals surface area contributed by atoms with Crippen molar-refractivity contribution in [3.63, 3.8) is 0 Å². The number of aromatic nitrogens is 4. The molecule has 8 nitrogen and oxygen atoms in total. The summed E-state index contributed by atoms with van der Waals surface area (Å²) in [7, 11) is 1.17. The van der Waals surface area contributed by atoms with E-state index in [4.69, 9.17) is 0 Å². The molecule has 0 spiro atoms. The average Bonchev–Trinajstić information content (AvgIpc) is 2.47. The van der Waals surface area contributed by atoms with Gasteiger partial charge in [-0.3, -0.25) is 19.7 Å². The topological polar surface area (TPSA) is 113 Å². The Kier molecular flexibility index (Phi) is 1.56. The van der Waals surface area contributed by atoms with Gasteiger partial charge in [0.1, 0.15) is 12.8 Å². The first-order valence-corrected chi connectivity index (χ1v) is 3.65. The molecule has 0 unspecified atom stereocenters. The summed E-state index contributed by atoms with van der Waals surface area (Å²) in [6.07, 6.45) is 0. The number of hydrogen-bond donors (Lipinski definition) is 3. The molecule has 0 atom stereocenters. The molecule has 0 aliphatic heterocycles. The van der Waals surface area contributed by atoms with Crippen molar-refractivity contribution in [2.24, 2.45) is 0 Å². The molecule has 0 fully saturated rings. The van der Waals surface area contributed by atoms with Crippen LogP contribution in [0.1, 0.15) is 0 Å². The van der Waals surface area contributed by atoms with Crippen LogP contribution in [0.3, 0.4) is 0 Å². The van der Waals surface area contributed by atoms with Crippen LogP contribution in [0.2, 0.25) is 0 Å². The van der Waals surface area contributed by atoms with Crippen molar-refractivity contribution >= 4 is 11.2 Å². The molecule has 0 saturated carbocycles. The van der Waals surface area contributed by atoms with Gasteiger partial charge in [-0.05, 0) is 0 Å². The van der Waals surface area contributed by atoms with E-state index in [1.807, 2.05) is 0 Å². The standard InChI is InChI=1S/C6H6N4O4/c1-14-10-4(11)2-3(9-6(10)13)8-5(12)7-2/h1H3,(H,9,13)(H2,7,8,12). The van der Waals surface area contributed by atoms with E-state index < -0.39 is 16.9 Å². The highest BCUT2D eigenvalue weighted by Gasteiger charge is 2.09. The van der Waals surface area contributed by atoms with Crippen molar-refractivity contribution in [1.29, 1.82) is 0 Å². The number of fused-ring (bicyclic) bond motifs is 1. The molecule has 0 bridgehead atoms. The summed E-state index contributed by atoms with van der Waals surface area (Å²) in [5.74, 6) is 0. The highest BCUT2D eigenvalue weighted by molar-refractivity contribution is 5.67. The molecule has 2 rings (SSSR count). The molecule has 2 aromatic heterocycles. The van der Waals surface area contributed by atoms with Gasteiger partial charge in [-0.25, -0.2) is 9.59 Å². The van der Waals surface area contributed by atoms with Crippen LogP contribution in [0, 0.1) is 0 Å². The largest absolute Gasteiger partial charge is 0.409 e. The normalized spacial score (nSPS) is 10.6. The summed E-state index contributed by atoms with van der Waals surface area (Å²) in [6, 6.07) is 0. The predicted molar refractivity (Wildman–Crippen MR) is 46.3 cm³/mol. The predicted octanol–water partition coefficient (Wildman–Crippen LogP) is -2.24. The lowest BCUT2D eigenvalue weighted by molar-refractivity contribution is 0.146. The fraction of sp³-hybridized carbons (Fsp3) is 0.167. The Hall–Kier alpha value is -2.25. The van der Waals surface area contributed by atoms with Crippen molar-refractivity contribution < 1.29 is 4.84 Å². The third-order valence-corrected chi connectivity index (χ3v) is 1.72. The third-order valence-electron chi connectivity index (χ3n) is 1.72. The molecule has 0 aliphatic carbocycles. The zero-order valence-electron chi connectivity index (χ0n) is 7.08. The van der Waals surface area contributed by atoms with E-state index in [-0.39, 0.29) is 11.2 Å². The number of H-pyrrole nitrogens is 3. The fourth-order valence-corrected chi connectivity index (χ4v) is 1.15. The molecule has 0 radical (unpaired) electrons. The van der Waals surface area contributed by atoms with Crippen LogP contribution < -0.4 is 21.8 Å². The van der Waals surface area contributed by atoms with E-state index in [1.165, 1.54) is 7.11 Å². The number of nitrogens with zero attached hydrogens (tertiary/aromatic N) is 1. The molecule has 2 heterocycles. The zero-order valence-corrected chi connectivity index (χ0v) is 7.08. The lowest BCUT2D eigenvalue weighted by Crippen LogP contribution is -2.38. The van der Waals surface area contributed by atoms with E-state index in [0.29, 0.717) is 4.73 Å². The van der Waals surface area contributed by atoms with Gasteiger partial charge < -0.3 is 4.84 Å². The zero-order chi connectivity index (χ0) is 10.3. The van der Waals surface area contributed by atoms with Crippen molar-refractivity contribution in [2.45, 2.75) is 0 Å². The van der Waals surface area contributed by atoms with E-state index in [1.54, 1.807) is 0 Å². The summed E-state index contributed by atoms with van der Waals surface area (Å²) in [5, 5.41) is 0. The summed E-state index contributed by atoms with van der Waals surface area (Å²) in [5.41, 5.74) is -2.01. The van der Waals surface area contributed by atoms with Crippen LogP contribution in [0.15, 0.2) is 14.4 Å². The van der Waals surface area contributed by atoms with E-state index >= 15 is 0 Å². The SMILES string of the molecule is COn1c(=O)[nH]c2[nH]c(=O)[nH]c2c1=O. The van der Waals surface area contributed by atoms with E-state index in [0.717, 1.165) is 0 Å². The van der Waals surface area contributed by atoms with Crippen LogP contribution in [0.25, 0.3) is 11.2 Å². The van der Waals surface area contributed by atoms with Crippen molar-refractivity contribution in [3.8, 4) is 0 Å². The maximum absolute atomic E-state index is 11.4. The Balaban J connectivity index is 3.07. The minimum atomic E-state index is -0.750. The Labute approximate surface area is 75.1 Å². The highest BCUT2D eigenvalue weighted by atomic mass is 16.7. The van der Waals surface area contributed by atoms with Gasteiger partial charge in [0.25, 0.3) is 0 Å². The molecule has 74 valence electrons. The summed E-state index contributed by atoms with van der Waals surface area (Å²) >= 11 is 0. The van der Waals surface area contributed by atoms with Crippen molar-refractivity contribution in [3.05, 3.63) is 31.3 Å². The number of hydrogen-bond acceptors (Lipinski definition) is 4. The Bertz CT molecular complexity index is 642. The molecule has 0 saturated heterocycles. The van der Waals surface area contributed by atoms with Gasteiger partial charge >= 0.3 is 16.9 Å². The smallest absolute Gasteiger partial charge is 0.363 e. The molecule has 8 heteroatoms. The van der Waals surface area contributed by atoms with Crippen molar-refractivity contribution in [2.75, 3.05) is 7.11 Å². The van der Waals surface area contributed by atoms with Gasteiger partial charge in [-0.1, -0.05) is 4.73 Å². The first-order valence-electron chi connectivity index (χ1n) is 3.65. The lowest BCUT2D eigenvalue weighted by Gasteiger charge is -1.99. The van der Waals surface area contributed by atoms with Gasteiger partial charge in [0.15, 0.2) is 5.52 Å². The molecule has 14 heavy (non-hydrogen) atoms. The molecule has 2 aromatic rings. The quantitative estimate of drug-likeness (QED) is 0.481. The van der Waals surface area contributed by atoms with E-state index in [9.17, 15) is 14.4 Å². The second-order valence-corrected chi connectivity index (χ2v) is 2.54. The minimum absolute atomic E-state index is 0.0311. The number of rotatable bonds is 1. The van der Waals surface area contributed by atoms with Crippen LogP contribution in [-0.4, -0.2) is 26.8 Å². The molecule has 0 amide bonds. The maximum atomic E-state index is 11.4. The van der Waals surface area contributed by atoms with E-state index in [2.05, 4.69) is 19.8 Å². The maximum Gasteiger partial charge on any atom is 0.363 e.